The minimum Gasteiger partial charge on any atom is -0.385 e. The SMILES string of the molecule is COCCCC(=O)c1cc2cn(CC3CCCCC3)nc2cc1C. The first-order chi connectivity index (χ1) is 11.7. The Morgan fingerprint density at radius 3 is 2.83 bits per heavy atom. The van der Waals surface area contributed by atoms with Crippen molar-refractivity contribution in [3.8, 4) is 0 Å². The van der Waals surface area contributed by atoms with Crippen LogP contribution in [0.15, 0.2) is 18.3 Å². The molecule has 0 N–H and O–H groups in total. The van der Waals surface area contributed by atoms with Crippen molar-refractivity contribution < 1.29 is 9.53 Å². The third-order valence-electron chi connectivity index (χ3n) is 5.12. The monoisotopic (exact) mass is 328 g/mol. The highest BCUT2D eigenvalue weighted by atomic mass is 16.5. The third-order valence-corrected chi connectivity index (χ3v) is 5.12. The van der Waals surface area contributed by atoms with Crippen LogP contribution in [0, 0.1) is 12.8 Å². The number of hydrogen-bond acceptors (Lipinski definition) is 3. The molecule has 2 aromatic rings. The first kappa shape index (κ1) is 17.2. The molecule has 130 valence electrons. The van der Waals surface area contributed by atoms with Gasteiger partial charge >= 0.3 is 0 Å². The topological polar surface area (TPSA) is 44.1 Å². The minimum atomic E-state index is 0.200. The summed E-state index contributed by atoms with van der Waals surface area (Å²) in [4.78, 5) is 12.4. The highest BCUT2D eigenvalue weighted by Crippen LogP contribution is 2.26. The van der Waals surface area contributed by atoms with Crippen molar-refractivity contribution in [3.05, 3.63) is 29.5 Å². The lowest BCUT2D eigenvalue weighted by atomic mass is 9.89. The number of nitrogens with zero attached hydrogens (tertiary/aromatic N) is 2. The maximum absolute atomic E-state index is 12.4. The van der Waals surface area contributed by atoms with Crippen LogP contribution in [-0.2, 0) is 11.3 Å². The maximum atomic E-state index is 12.4. The number of aryl methyl sites for hydroxylation is 1. The van der Waals surface area contributed by atoms with E-state index in [9.17, 15) is 4.79 Å². The van der Waals surface area contributed by atoms with Crippen molar-refractivity contribution >= 4 is 16.7 Å². The highest BCUT2D eigenvalue weighted by molar-refractivity contribution is 6.00. The van der Waals surface area contributed by atoms with Crippen molar-refractivity contribution in [2.45, 2.75) is 58.4 Å². The predicted octanol–water partition coefficient (Wildman–Crippen LogP) is 4.53. The Balaban J connectivity index is 1.75. The molecule has 0 bridgehead atoms. The summed E-state index contributed by atoms with van der Waals surface area (Å²) in [6.07, 6.45) is 10.1. The van der Waals surface area contributed by atoms with Gasteiger partial charge in [-0.15, -0.1) is 0 Å². The fraction of sp³-hybridized carbons (Fsp3) is 0.600. The summed E-state index contributed by atoms with van der Waals surface area (Å²) in [5.74, 6) is 0.954. The molecule has 0 spiro atoms. The predicted molar refractivity (Wildman–Crippen MR) is 96.5 cm³/mol. The van der Waals surface area contributed by atoms with E-state index in [1.165, 1.54) is 32.1 Å². The number of benzene rings is 1. The molecule has 1 aliphatic carbocycles. The van der Waals surface area contributed by atoms with Gasteiger partial charge < -0.3 is 4.74 Å². The Labute approximate surface area is 144 Å². The first-order valence-corrected chi connectivity index (χ1v) is 9.17. The van der Waals surface area contributed by atoms with E-state index >= 15 is 0 Å². The largest absolute Gasteiger partial charge is 0.385 e. The fourth-order valence-corrected chi connectivity index (χ4v) is 3.77. The van der Waals surface area contributed by atoms with E-state index in [-0.39, 0.29) is 5.78 Å². The summed E-state index contributed by atoms with van der Waals surface area (Å²) >= 11 is 0. The van der Waals surface area contributed by atoms with E-state index in [0.717, 1.165) is 40.9 Å². The number of rotatable bonds is 7. The van der Waals surface area contributed by atoms with Crippen LogP contribution in [0.4, 0.5) is 0 Å². The zero-order valence-electron chi connectivity index (χ0n) is 14.9. The molecular weight excluding hydrogens is 300 g/mol. The van der Waals surface area contributed by atoms with E-state index in [4.69, 9.17) is 9.84 Å². The number of methoxy groups -OCH3 is 1. The van der Waals surface area contributed by atoms with Crippen molar-refractivity contribution in [2.24, 2.45) is 5.92 Å². The number of carbonyl (C=O) groups is 1. The van der Waals surface area contributed by atoms with Crippen LogP contribution in [0.2, 0.25) is 0 Å². The van der Waals surface area contributed by atoms with Crippen LogP contribution in [0.1, 0.15) is 60.9 Å². The van der Waals surface area contributed by atoms with Crippen molar-refractivity contribution in [1.29, 1.82) is 0 Å². The molecule has 0 amide bonds. The molecular formula is C20H28N2O2. The van der Waals surface area contributed by atoms with Gasteiger partial charge in [-0.25, -0.2) is 0 Å². The molecule has 0 saturated heterocycles. The van der Waals surface area contributed by atoms with Crippen LogP contribution in [0.3, 0.4) is 0 Å². The maximum Gasteiger partial charge on any atom is 0.163 e. The van der Waals surface area contributed by atoms with Gasteiger partial charge in [-0.2, -0.15) is 5.10 Å². The Hall–Kier alpha value is -1.68. The molecule has 3 rings (SSSR count). The molecule has 1 aliphatic rings. The van der Waals surface area contributed by atoms with Crippen LogP contribution in [0.25, 0.3) is 10.9 Å². The van der Waals surface area contributed by atoms with Gasteiger partial charge in [0.25, 0.3) is 0 Å². The second-order valence-electron chi connectivity index (χ2n) is 7.10. The molecule has 24 heavy (non-hydrogen) atoms. The molecule has 0 atom stereocenters. The summed E-state index contributed by atoms with van der Waals surface area (Å²) in [6, 6.07) is 4.07. The summed E-state index contributed by atoms with van der Waals surface area (Å²) in [7, 11) is 1.67. The molecule has 1 heterocycles. The van der Waals surface area contributed by atoms with Gasteiger partial charge in [0.05, 0.1) is 5.52 Å². The van der Waals surface area contributed by atoms with E-state index < -0.39 is 0 Å². The minimum absolute atomic E-state index is 0.200. The van der Waals surface area contributed by atoms with Gasteiger partial charge in [0.15, 0.2) is 5.78 Å². The summed E-state index contributed by atoms with van der Waals surface area (Å²) < 4.78 is 7.12. The molecule has 0 radical (unpaired) electrons. The lowest BCUT2D eigenvalue weighted by Crippen LogP contribution is -2.14. The number of carbonyl (C=O) groups excluding carboxylic acids is 1. The molecule has 1 aromatic heterocycles. The summed E-state index contributed by atoms with van der Waals surface area (Å²) in [5, 5.41) is 5.80. The Kier molecular flexibility index (Phi) is 5.67. The lowest BCUT2D eigenvalue weighted by molar-refractivity contribution is 0.0963. The second kappa shape index (κ2) is 7.93. The van der Waals surface area contributed by atoms with Crippen molar-refractivity contribution in [3.63, 3.8) is 0 Å². The first-order valence-electron chi connectivity index (χ1n) is 9.17. The molecule has 0 unspecified atom stereocenters. The van der Waals surface area contributed by atoms with Crippen LogP contribution in [0.5, 0.6) is 0 Å². The van der Waals surface area contributed by atoms with Gasteiger partial charge in [-0.3, -0.25) is 9.48 Å². The highest BCUT2D eigenvalue weighted by Gasteiger charge is 2.16. The Morgan fingerprint density at radius 2 is 2.08 bits per heavy atom. The van der Waals surface area contributed by atoms with E-state index in [1.54, 1.807) is 7.11 Å². The molecule has 0 aliphatic heterocycles. The van der Waals surface area contributed by atoms with Crippen LogP contribution >= 0.6 is 0 Å². The number of ketones is 1. The van der Waals surface area contributed by atoms with Crippen LogP contribution < -0.4 is 0 Å². The number of ether oxygens (including phenoxy) is 1. The summed E-state index contributed by atoms with van der Waals surface area (Å²) in [6.45, 7) is 3.64. The van der Waals surface area contributed by atoms with Gasteiger partial charge in [0.1, 0.15) is 0 Å². The third kappa shape index (κ3) is 4.04. The van der Waals surface area contributed by atoms with E-state index in [1.807, 2.05) is 13.0 Å². The lowest BCUT2D eigenvalue weighted by Gasteiger charge is -2.21. The van der Waals surface area contributed by atoms with E-state index in [0.29, 0.717) is 13.0 Å². The van der Waals surface area contributed by atoms with Gasteiger partial charge in [0, 0.05) is 43.8 Å². The number of fused-ring (bicyclic) bond motifs is 1. The molecule has 1 saturated carbocycles. The standard InChI is InChI=1S/C20H28N2O2/c1-15-11-19-17(12-18(15)20(23)9-6-10-24-2)14-22(21-19)13-16-7-4-3-5-8-16/h11-12,14,16H,3-10,13H2,1-2H3. The Morgan fingerprint density at radius 1 is 1.29 bits per heavy atom. The molecule has 1 aromatic carbocycles. The Bertz CT molecular complexity index is 699. The molecule has 4 nitrogen and oxygen atoms in total. The van der Waals surface area contributed by atoms with Crippen LogP contribution in [-0.4, -0.2) is 29.3 Å². The summed E-state index contributed by atoms with van der Waals surface area (Å²) in [5.41, 5.74) is 2.85. The van der Waals surface area contributed by atoms with Crippen molar-refractivity contribution in [2.75, 3.05) is 13.7 Å². The average molecular weight is 328 g/mol. The number of hydrogen-bond donors (Lipinski definition) is 0. The molecule has 1 fully saturated rings. The molecule has 4 heteroatoms. The average Bonchev–Trinajstić information content (AvgIpc) is 2.96. The quantitative estimate of drug-likeness (QED) is 0.554. The van der Waals surface area contributed by atoms with Gasteiger partial charge in [0.2, 0.25) is 0 Å². The zero-order valence-corrected chi connectivity index (χ0v) is 14.9. The van der Waals surface area contributed by atoms with Crippen molar-refractivity contribution in [1.82, 2.24) is 9.78 Å². The van der Waals surface area contributed by atoms with Gasteiger partial charge in [-0.05, 0) is 49.8 Å². The van der Waals surface area contributed by atoms with Gasteiger partial charge in [-0.1, -0.05) is 19.3 Å². The number of Topliss-reactive ketones (excluding diaryl/α,β-unsaturated/α-hetero) is 1. The zero-order chi connectivity index (χ0) is 16.9. The fourth-order valence-electron chi connectivity index (χ4n) is 3.77. The normalized spacial score (nSPS) is 15.9. The second-order valence-corrected chi connectivity index (χ2v) is 7.10. The number of aromatic nitrogens is 2. The van der Waals surface area contributed by atoms with E-state index in [2.05, 4.69) is 16.9 Å². The smallest absolute Gasteiger partial charge is 0.163 e.